The number of nitrogens with two attached hydrogens (primary N) is 1. The minimum absolute atomic E-state index is 0.0386. The van der Waals surface area contributed by atoms with Crippen LogP contribution in [0.25, 0.3) is 11.1 Å². The number of hydrogen-bond donors (Lipinski definition) is 1. The summed E-state index contributed by atoms with van der Waals surface area (Å²) in [4.78, 5) is 31.2. The van der Waals surface area contributed by atoms with E-state index in [9.17, 15) is 20.1 Å². The Morgan fingerprint density at radius 2 is 1.71 bits per heavy atom. The van der Waals surface area contributed by atoms with Gasteiger partial charge in [0.1, 0.15) is 34.3 Å². The molecule has 2 aromatic carbocycles. The van der Waals surface area contributed by atoms with Crippen LogP contribution in [0.4, 0.5) is 11.5 Å². The van der Waals surface area contributed by atoms with Gasteiger partial charge in [-0.1, -0.05) is 41.6 Å². The fourth-order valence-electron chi connectivity index (χ4n) is 3.73. The summed E-state index contributed by atoms with van der Waals surface area (Å²) in [7, 11) is 1.53. The summed E-state index contributed by atoms with van der Waals surface area (Å²) in [5.41, 5.74) is 8.78. The summed E-state index contributed by atoms with van der Waals surface area (Å²) < 4.78 is 5.13. The van der Waals surface area contributed by atoms with E-state index in [0.29, 0.717) is 22.6 Å². The molecule has 9 heteroatoms. The number of aromatic nitrogens is 1. The zero-order valence-corrected chi connectivity index (χ0v) is 19.2. The number of methoxy groups -OCH3 is 1. The van der Waals surface area contributed by atoms with Crippen molar-refractivity contribution in [2.24, 2.45) is 0 Å². The van der Waals surface area contributed by atoms with Crippen LogP contribution in [0.5, 0.6) is 5.75 Å². The van der Waals surface area contributed by atoms with Crippen LogP contribution in [0, 0.1) is 29.6 Å². The number of thioether (sulfide) groups is 1. The van der Waals surface area contributed by atoms with Gasteiger partial charge in [-0.15, -0.1) is 0 Å². The molecular weight excluding hydrogens is 450 g/mol. The highest BCUT2D eigenvalue weighted by molar-refractivity contribution is 8.00. The number of imide groups is 1. The Morgan fingerprint density at radius 3 is 2.29 bits per heavy atom. The smallest absolute Gasteiger partial charge is 0.247 e. The maximum atomic E-state index is 13.1. The Kier molecular flexibility index (Phi) is 6.22. The number of aryl methyl sites for hydroxylation is 1. The van der Waals surface area contributed by atoms with E-state index in [1.165, 1.54) is 7.11 Å². The topological polar surface area (TPSA) is 133 Å². The molecule has 34 heavy (non-hydrogen) atoms. The highest BCUT2D eigenvalue weighted by Gasteiger charge is 2.41. The average Bonchev–Trinajstić information content (AvgIpc) is 3.11. The number of ether oxygens (including phenoxy) is 1. The molecule has 0 radical (unpaired) electrons. The Hall–Kier alpha value is -4.34. The zero-order valence-electron chi connectivity index (χ0n) is 18.4. The third kappa shape index (κ3) is 4.05. The highest BCUT2D eigenvalue weighted by Crippen LogP contribution is 2.40. The molecule has 1 fully saturated rings. The fourth-order valence-corrected chi connectivity index (χ4v) is 4.84. The van der Waals surface area contributed by atoms with Crippen molar-refractivity contribution in [2.75, 3.05) is 17.7 Å². The average molecular weight is 470 g/mol. The largest absolute Gasteiger partial charge is 0.497 e. The van der Waals surface area contributed by atoms with Gasteiger partial charge >= 0.3 is 0 Å². The van der Waals surface area contributed by atoms with Crippen LogP contribution < -0.4 is 15.4 Å². The SMILES string of the molecule is COc1ccc(N2C(=O)C[C@@H](Sc3nc(N)c(C#N)c(-c4ccc(C)cc4)c3C#N)C2=O)cc1. The number of carbonyl (C=O) groups is 2. The van der Waals surface area contributed by atoms with Gasteiger partial charge in [0.15, 0.2) is 0 Å². The standard InChI is InChI=1S/C25H19N5O3S/c1-14-3-5-15(6-4-14)22-18(12-26)23(28)29-24(19(22)13-27)34-20-11-21(31)30(25(20)32)16-7-9-17(33-2)10-8-16/h3-10,20H,11H2,1-2H3,(H2,28,29)/t20-/m1/s1. The first kappa shape index (κ1) is 22.8. The Bertz CT molecular complexity index is 1370. The minimum atomic E-state index is -0.785. The number of nitrogens with zero attached hydrogens (tertiary/aromatic N) is 4. The lowest BCUT2D eigenvalue weighted by Crippen LogP contribution is -2.31. The predicted molar refractivity (Wildman–Crippen MR) is 128 cm³/mol. The van der Waals surface area contributed by atoms with Crippen LogP contribution >= 0.6 is 11.8 Å². The van der Waals surface area contributed by atoms with Crippen LogP contribution in [0.2, 0.25) is 0 Å². The molecule has 2 heterocycles. The third-order valence-corrected chi connectivity index (χ3v) is 6.62. The first-order valence-corrected chi connectivity index (χ1v) is 11.1. The van der Waals surface area contributed by atoms with E-state index >= 15 is 0 Å². The molecule has 1 aliphatic heterocycles. The minimum Gasteiger partial charge on any atom is -0.497 e. The molecule has 1 aromatic heterocycles. The molecule has 0 spiro atoms. The van der Waals surface area contributed by atoms with Crippen molar-refractivity contribution in [3.8, 4) is 29.0 Å². The number of nitrogen functional groups attached to an aromatic ring is 1. The second-order valence-electron chi connectivity index (χ2n) is 7.59. The second-order valence-corrected chi connectivity index (χ2v) is 8.78. The molecule has 0 saturated carbocycles. The van der Waals surface area contributed by atoms with Crippen LogP contribution in [0.15, 0.2) is 53.6 Å². The molecule has 2 amide bonds. The van der Waals surface area contributed by atoms with Gasteiger partial charge in [0.25, 0.3) is 0 Å². The van der Waals surface area contributed by atoms with Gasteiger partial charge in [-0.25, -0.2) is 9.88 Å². The fraction of sp³-hybridized carbons (Fsp3) is 0.160. The molecular formula is C25H19N5O3S. The van der Waals surface area contributed by atoms with Gasteiger partial charge in [-0.2, -0.15) is 10.5 Å². The normalized spacial score (nSPS) is 15.2. The third-order valence-electron chi connectivity index (χ3n) is 5.45. The number of pyridine rings is 1. The van der Waals surface area contributed by atoms with Crippen molar-refractivity contribution in [3.63, 3.8) is 0 Å². The number of carbonyl (C=O) groups excluding carboxylic acids is 2. The van der Waals surface area contributed by atoms with Crippen molar-refractivity contribution in [2.45, 2.75) is 23.6 Å². The summed E-state index contributed by atoms with van der Waals surface area (Å²) in [6.45, 7) is 1.93. The monoisotopic (exact) mass is 469 g/mol. The zero-order chi connectivity index (χ0) is 24.4. The van der Waals surface area contributed by atoms with Gasteiger partial charge in [-0.05, 0) is 36.8 Å². The van der Waals surface area contributed by atoms with E-state index < -0.39 is 11.2 Å². The van der Waals surface area contributed by atoms with Gasteiger partial charge in [0.05, 0.1) is 23.6 Å². The lowest BCUT2D eigenvalue weighted by molar-refractivity contribution is -0.121. The van der Waals surface area contributed by atoms with Gasteiger partial charge in [0, 0.05) is 12.0 Å². The van der Waals surface area contributed by atoms with E-state index in [1.807, 2.05) is 25.1 Å². The first-order chi connectivity index (χ1) is 16.4. The van der Waals surface area contributed by atoms with Crippen LogP contribution in [-0.4, -0.2) is 29.2 Å². The first-order valence-electron chi connectivity index (χ1n) is 10.3. The van der Waals surface area contributed by atoms with Crippen LogP contribution in [-0.2, 0) is 9.59 Å². The van der Waals surface area contributed by atoms with Gasteiger partial charge in [-0.3, -0.25) is 9.59 Å². The number of hydrogen-bond acceptors (Lipinski definition) is 8. The van der Waals surface area contributed by atoms with Crippen LogP contribution in [0.1, 0.15) is 23.1 Å². The molecule has 2 N–H and O–H groups in total. The maximum Gasteiger partial charge on any atom is 0.247 e. The molecule has 3 aromatic rings. The molecule has 1 aliphatic rings. The second kappa shape index (κ2) is 9.26. The Morgan fingerprint density at radius 1 is 1.06 bits per heavy atom. The van der Waals surface area contributed by atoms with Crippen molar-refractivity contribution in [1.82, 2.24) is 4.98 Å². The molecule has 8 nitrogen and oxygen atoms in total. The molecule has 1 atom stereocenters. The van der Waals surface area contributed by atoms with Crippen molar-refractivity contribution in [3.05, 3.63) is 65.2 Å². The summed E-state index contributed by atoms with van der Waals surface area (Å²) in [6, 6.07) is 18.1. The van der Waals surface area contributed by atoms with Crippen molar-refractivity contribution < 1.29 is 14.3 Å². The van der Waals surface area contributed by atoms with E-state index in [4.69, 9.17) is 10.5 Å². The van der Waals surface area contributed by atoms with Gasteiger partial charge < -0.3 is 10.5 Å². The summed E-state index contributed by atoms with van der Waals surface area (Å²) in [5, 5.41) is 19.1. The van der Waals surface area contributed by atoms with E-state index in [-0.39, 0.29) is 34.3 Å². The molecule has 1 saturated heterocycles. The summed E-state index contributed by atoms with van der Waals surface area (Å²) in [5.74, 6) is -0.200. The number of nitriles is 2. The van der Waals surface area contributed by atoms with Crippen molar-refractivity contribution in [1.29, 1.82) is 10.5 Å². The maximum absolute atomic E-state index is 13.1. The lowest BCUT2D eigenvalue weighted by Gasteiger charge is -2.16. The summed E-state index contributed by atoms with van der Waals surface area (Å²) in [6.07, 6.45) is -0.0537. The molecule has 4 rings (SSSR count). The van der Waals surface area contributed by atoms with E-state index in [1.54, 1.807) is 36.4 Å². The van der Waals surface area contributed by atoms with Gasteiger partial charge in [0.2, 0.25) is 11.8 Å². The number of anilines is 2. The molecule has 0 bridgehead atoms. The highest BCUT2D eigenvalue weighted by atomic mass is 32.2. The number of benzene rings is 2. The molecule has 0 unspecified atom stereocenters. The Balaban J connectivity index is 1.72. The molecule has 0 aliphatic carbocycles. The van der Waals surface area contributed by atoms with E-state index in [2.05, 4.69) is 11.1 Å². The Labute approximate surface area is 200 Å². The molecule has 168 valence electrons. The van der Waals surface area contributed by atoms with Crippen molar-refractivity contribution >= 4 is 35.1 Å². The number of amides is 2. The van der Waals surface area contributed by atoms with Crippen LogP contribution in [0.3, 0.4) is 0 Å². The summed E-state index contributed by atoms with van der Waals surface area (Å²) >= 11 is 1.01. The predicted octanol–water partition coefficient (Wildman–Crippen LogP) is 3.82. The number of rotatable bonds is 5. The quantitative estimate of drug-likeness (QED) is 0.558. The lowest BCUT2D eigenvalue weighted by atomic mass is 9.96. The van der Waals surface area contributed by atoms with E-state index in [0.717, 1.165) is 22.2 Å².